The monoisotopic (exact) mass is 468 g/mol. The van der Waals surface area contributed by atoms with Crippen LogP contribution in [0.4, 0.5) is 17.2 Å². The normalized spacial score (nSPS) is 12.3. The first-order valence-corrected chi connectivity index (χ1v) is 11.2. The fourth-order valence-electron chi connectivity index (χ4n) is 4.26. The van der Waals surface area contributed by atoms with E-state index < -0.39 is 0 Å². The largest absolute Gasteiger partial charge is 0.338 e. The lowest BCUT2D eigenvalue weighted by Gasteiger charge is -2.19. The molecule has 1 N–H and O–H groups in total. The topological polar surface area (TPSA) is 86.8 Å². The van der Waals surface area contributed by atoms with Crippen LogP contribution >= 0.6 is 11.6 Å². The molecule has 4 aromatic rings. The van der Waals surface area contributed by atoms with E-state index in [1.54, 1.807) is 28.0 Å². The van der Waals surface area contributed by atoms with Crippen molar-refractivity contribution in [2.45, 2.75) is 12.8 Å². The van der Waals surface area contributed by atoms with Crippen molar-refractivity contribution in [3.63, 3.8) is 0 Å². The summed E-state index contributed by atoms with van der Waals surface area (Å²) in [4.78, 5) is 19.2. The summed E-state index contributed by atoms with van der Waals surface area (Å²) in [7, 11) is 1.85. The zero-order valence-corrected chi connectivity index (χ0v) is 19.3. The number of halogens is 1. The third-order valence-electron chi connectivity index (χ3n) is 5.86. The molecule has 0 fully saturated rings. The molecule has 2 aromatic heterocycles. The summed E-state index contributed by atoms with van der Waals surface area (Å²) in [6.45, 7) is 0.543. The maximum absolute atomic E-state index is 13.1. The third kappa shape index (κ3) is 4.24. The van der Waals surface area contributed by atoms with E-state index in [2.05, 4.69) is 27.5 Å². The number of pyridine rings is 1. The zero-order chi connectivity index (χ0) is 23.7. The second-order valence-corrected chi connectivity index (χ2v) is 8.57. The fraction of sp³-hybridized carbons (Fsp3) is 0.154. The van der Waals surface area contributed by atoms with Crippen LogP contribution in [-0.2, 0) is 24.7 Å². The Morgan fingerprint density at radius 3 is 2.82 bits per heavy atom. The Kier molecular flexibility index (Phi) is 5.74. The van der Waals surface area contributed by atoms with E-state index in [4.69, 9.17) is 11.6 Å². The fourth-order valence-corrected chi connectivity index (χ4v) is 4.46. The number of hydrogen-bond donors (Lipinski definition) is 1. The molecule has 1 amide bonds. The van der Waals surface area contributed by atoms with Gasteiger partial charge in [-0.05, 0) is 59.0 Å². The van der Waals surface area contributed by atoms with Crippen LogP contribution in [0.3, 0.4) is 0 Å². The van der Waals surface area contributed by atoms with Crippen molar-refractivity contribution in [3.05, 3.63) is 88.8 Å². The second kappa shape index (κ2) is 9.00. The molecule has 7 nitrogen and oxygen atoms in total. The van der Waals surface area contributed by atoms with E-state index in [-0.39, 0.29) is 12.3 Å². The van der Waals surface area contributed by atoms with E-state index in [1.807, 2.05) is 49.6 Å². The minimum atomic E-state index is -0.0667. The number of aryl methyl sites for hydroxylation is 1. The highest BCUT2D eigenvalue weighted by Gasteiger charge is 2.28. The Balaban J connectivity index is 1.44. The van der Waals surface area contributed by atoms with Crippen LogP contribution in [0, 0.1) is 11.3 Å². The lowest BCUT2D eigenvalue weighted by molar-refractivity contribution is -0.117. The summed E-state index contributed by atoms with van der Waals surface area (Å²) in [5.41, 5.74) is 5.63. The molecule has 0 saturated carbocycles. The summed E-state index contributed by atoms with van der Waals surface area (Å²) in [6, 6.07) is 17.4. The summed E-state index contributed by atoms with van der Waals surface area (Å²) >= 11 is 6.25. The lowest BCUT2D eigenvalue weighted by Crippen LogP contribution is -2.31. The zero-order valence-electron chi connectivity index (χ0n) is 18.5. The molecule has 8 heteroatoms. The van der Waals surface area contributed by atoms with Crippen LogP contribution < -0.4 is 10.2 Å². The van der Waals surface area contributed by atoms with Crippen molar-refractivity contribution in [3.8, 4) is 17.2 Å². The summed E-state index contributed by atoms with van der Waals surface area (Å²) in [5, 5.41) is 17.9. The Morgan fingerprint density at radius 1 is 1.21 bits per heavy atom. The van der Waals surface area contributed by atoms with Crippen LogP contribution in [0.1, 0.15) is 16.7 Å². The Morgan fingerprint density at radius 2 is 2.06 bits per heavy atom. The molecule has 34 heavy (non-hydrogen) atoms. The Bertz CT molecular complexity index is 1440. The van der Waals surface area contributed by atoms with Crippen LogP contribution in [-0.4, -0.2) is 27.2 Å². The van der Waals surface area contributed by atoms with Gasteiger partial charge in [0.15, 0.2) is 0 Å². The number of carbonyl (C=O) groups excluding carboxylic acids is 1. The first-order chi connectivity index (χ1) is 16.5. The van der Waals surface area contributed by atoms with E-state index in [0.717, 1.165) is 27.9 Å². The van der Waals surface area contributed by atoms with Crippen LogP contribution in [0.15, 0.2) is 67.1 Å². The highest BCUT2D eigenvalue weighted by atomic mass is 35.5. The summed E-state index contributed by atoms with van der Waals surface area (Å²) < 4.78 is 1.71. The minimum absolute atomic E-state index is 0.0667. The number of anilines is 3. The summed E-state index contributed by atoms with van der Waals surface area (Å²) in [5.74, 6) is 0.615. The molecule has 0 aliphatic carbocycles. The first-order valence-electron chi connectivity index (χ1n) is 10.8. The second-order valence-electron chi connectivity index (χ2n) is 8.16. The third-order valence-corrected chi connectivity index (χ3v) is 6.22. The smallest absolute Gasteiger partial charge is 0.231 e. The van der Waals surface area contributed by atoms with Gasteiger partial charge in [0.25, 0.3) is 0 Å². The Labute approximate surface area is 202 Å². The maximum Gasteiger partial charge on any atom is 0.231 e. The molecule has 5 rings (SSSR count). The Hall–Kier alpha value is -4.15. The highest BCUT2D eigenvalue weighted by Crippen LogP contribution is 2.37. The minimum Gasteiger partial charge on any atom is -0.338 e. The molecule has 0 atom stereocenters. The van der Waals surface area contributed by atoms with Gasteiger partial charge in [0, 0.05) is 31.0 Å². The van der Waals surface area contributed by atoms with Gasteiger partial charge in [-0.3, -0.25) is 9.48 Å². The first kappa shape index (κ1) is 21.7. The quantitative estimate of drug-likeness (QED) is 0.451. The van der Waals surface area contributed by atoms with Crippen molar-refractivity contribution >= 4 is 34.7 Å². The SMILES string of the molecule is Cn1cc(Nc2cc(-c3cc(C#N)c4c(c3)CCN4C(=O)Cc3ccccc3Cl)ccn2)cn1. The van der Waals surface area contributed by atoms with E-state index in [0.29, 0.717) is 35.1 Å². The molecular weight excluding hydrogens is 448 g/mol. The molecule has 0 radical (unpaired) electrons. The average Bonchev–Trinajstić information content (AvgIpc) is 3.46. The summed E-state index contributed by atoms with van der Waals surface area (Å²) in [6.07, 6.45) is 6.21. The number of fused-ring (bicyclic) bond motifs is 1. The molecule has 2 aromatic carbocycles. The number of carbonyl (C=O) groups is 1. The van der Waals surface area contributed by atoms with E-state index in [9.17, 15) is 10.1 Å². The molecule has 3 heterocycles. The molecule has 1 aliphatic rings. The molecule has 0 unspecified atom stereocenters. The van der Waals surface area contributed by atoms with Crippen LogP contribution in [0.2, 0.25) is 5.02 Å². The molecule has 168 valence electrons. The average molecular weight is 469 g/mol. The van der Waals surface area contributed by atoms with Crippen LogP contribution in [0.5, 0.6) is 0 Å². The molecule has 0 saturated heterocycles. The highest BCUT2D eigenvalue weighted by molar-refractivity contribution is 6.31. The van der Waals surface area contributed by atoms with Crippen molar-refractivity contribution < 1.29 is 4.79 Å². The molecular formula is C26H21ClN6O. The van der Waals surface area contributed by atoms with Crippen molar-refractivity contribution in [1.29, 1.82) is 5.26 Å². The maximum atomic E-state index is 13.1. The van der Waals surface area contributed by atoms with Gasteiger partial charge < -0.3 is 10.2 Å². The van der Waals surface area contributed by atoms with Gasteiger partial charge in [-0.15, -0.1) is 0 Å². The van der Waals surface area contributed by atoms with Gasteiger partial charge in [0.1, 0.15) is 11.9 Å². The number of rotatable bonds is 5. The van der Waals surface area contributed by atoms with Gasteiger partial charge in [0.05, 0.1) is 29.6 Å². The van der Waals surface area contributed by atoms with Gasteiger partial charge in [-0.2, -0.15) is 10.4 Å². The van der Waals surface area contributed by atoms with E-state index in [1.165, 1.54) is 0 Å². The van der Waals surface area contributed by atoms with Crippen molar-refractivity contribution in [1.82, 2.24) is 14.8 Å². The van der Waals surface area contributed by atoms with Crippen molar-refractivity contribution in [2.75, 3.05) is 16.8 Å². The van der Waals surface area contributed by atoms with E-state index >= 15 is 0 Å². The number of nitrogens with one attached hydrogen (secondary N) is 1. The number of amides is 1. The lowest BCUT2D eigenvalue weighted by atomic mass is 9.98. The molecule has 0 bridgehead atoms. The van der Waals surface area contributed by atoms with Gasteiger partial charge >= 0.3 is 0 Å². The number of benzene rings is 2. The number of nitriles is 1. The van der Waals surface area contributed by atoms with Crippen molar-refractivity contribution in [2.24, 2.45) is 7.05 Å². The predicted molar refractivity (Wildman–Crippen MR) is 132 cm³/mol. The number of nitrogens with zero attached hydrogens (tertiary/aromatic N) is 5. The van der Waals surface area contributed by atoms with Gasteiger partial charge in [0.2, 0.25) is 5.91 Å². The van der Waals surface area contributed by atoms with Gasteiger partial charge in [-0.25, -0.2) is 4.98 Å². The molecule has 0 spiro atoms. The predicted octanol–water partition coefficient (Wildman–Crippen LogP) is 4.88. The van der Waals surface area contributed by atoms with Gasteiger partial charge in [-0.1, -0.05) is 29.8 Å². The standard InChI is InChI=1S/C26H21ClN6O/c1-32-16-22(15-30-32)31-24-12-17(6-8-29-24)20-10-19-7-9-33(26(19)21(11-20)14-28)25(34)13-18-4-2-3-5-23(18)27/h2-6,8,10-12,15-16H,7,9,13H2,1H3,(H,29,31). The van der Waals surface area contributed by atoms with Crippen LogP contribution in [0.25, 0.3) is 11.1 Å². The number of aromatic nitrogens is 3. The molecule has 1 aliphatic heterocycles. The number of hydrogen-bond acceptors (Lipinski definition) is 5.